The quantitative estimate of drug-likeness (QED) is 0.423. The summed E-state index contributed by atoms with van der Waals surface area (Å²) in [5, 5.41) is 14.3. The molecule has 0 bridgehead atoms. The number of hydrogen-bond acceptors (Lipinski definition) is 6. The van der Waals surface area contributed by atoms with Gasteiger partial charge in [-0.1, -0.05) is 11.6 Å². The monoisotopic (exact) mass is 453 g/mol. The smallest absolute Gasteiger partial charge is 0.196 e. The second kappa shape index (κ2) is 8.76. The van der Waals surface area contributed by atoms with E-state index in [2.05, 4.69) is 10.1 Å². The summed E-state index contributed by atoms with van der Waals surface area (Å²) in [6, 6.07) is 7.25. The fraction of sp³-hybridized carbons (Fsp3) is 0.292. The third kappa shape index (κ3) is 4.13. The van der Waals surface area contributed by atoms with Crippen molar-refractivity contribution in [1.82, 2.24) is 14.8 Å². The predicted octanol–water partition coefficient (Wildman–Crippen LogP) is 4.76. The Balaban J connectivity index is 1.85. The third-order valence-corrected chi connectivity index (χ3v) is 5.57. The van der Waals surface area contributed by atoms with Crippen LogP contribution in [-0.2, 0) is 6.54 Å². The first kappa shape index (κ1) is 22.0. The zero-order valence-electron chi connectivity index (χ0n) is 18.3. The molecule has 0 aliphatic heterocycles. The minimum atomic E-state index is -0.408. The van der Waals surface area contributed by atoms with Gasteiger partial charge < -0.3 is 14.3 Å². The maximum absolute atomic E-state index is 13.2. The average molecular weight is 454 g/mol. The highest BCUT2D eigenvalue weighted by atomic mass is 35.5. The summed E-state index contributed by atoms with van der Waals surface area (Å²) in [7, 11) is 0. The zero-order valence-corrected chi connectivity index (χ0v) is 19.1. The standard InChI is InChI=1S/C24H24ClN3O4/c1-13-9-18(16(4)31-20-5-6-21(25)27-15(20)3)24-19(10-13)22(30)14(2)23(32-24)17-11-26-28(12-17)7-8-29/h5-6,9-12,16,29H,7-8H2,1-4H3. The van der Waals surface area contributed by atoms with Gasteiger partial charge in [-0.25, -0.2) is 4.98 Å². The highest BCUT2D eigenvalue weighted by Crippen LogP contribution is 2.33. The molecule has 166 valence electrons. The Bertz CT molecular complexity index is 1360. The molecule has 1 aromatic carbocycles. The number of pyridine rings is 1. The van der Waals surface area contributed by atoms with Crippen molar-refractivity contribution < 1.29 is 14.3 Å². The first-order chi connectivity index (χ1) is 15.3. The van der Waals surface area contributed by atoms with Crippen LogP contribution in [0, 0.1) is 20.8 Å². The molecule has 0 radical (unpaired) electrons. The number of ether oxygens (including phenoxy) is 1. The largest absolute Gasteiger partial charge is 0.484 e. The first-order valence-electron chi connectivity index (χ1n) is 10.3. The Morgan fingerprint density at radius 2 is 2.03 bits per heavy atom. The van der Waals surface area contributed by atoms with E-state index in [-0.39, 0.29) is 12.0 Å². The van der Waals surface area contributed by atoms with Gasteiger partial charge in [0.25, 0.3) is 0 Å². The summed E-state index contributed by atoms with van der Waals surface area (Å²) in [6.07, 6.45) is 2.97. The number of aromatic nitrogens is 3. The van der Waals surface area contributed by atoms with E-state index >= 15 is 0 Å². The van der Waals surface area contributed by atoms with Crippen molar-refractivity contribution in [2.24, 2.45) is 0 Å². The molecule has 0 aliphatic carbocycles. The molecule has 3 heterocycles. The molecule has 3 aromatic heterocycles. The van der Waals surface area contributed by atoms with E-state index < -0.39 is 6.10 Å². The molecule has 0 spiro atoms. The summed E-state index contributed by atoms with van der Waals surface area (Å²) < 4.78 is 14.1. The average Bonchev–Trinajstić information content (AvgIpc) is 3.21. The highest BCUT2D eigenvalue weighted by Gasteiger charge is 2.21. The molecule has 1 unspecified atom stereocenters. The van der Waals surface area contributed by atoms with Crippen molar-refractivity contribution in [2.75, 3.05) is 6.61 Å². The summed E-state index contributed by atoms with van der Waals surface area (Å²) in [4.78, 5) is 17.5. The van der Waals surface area contributed by atoms with Gasteiger partial charge in [-0.2, -0.15) is 5.10 Å². The van der Waals surface area contributed by atoms with Gasteiger partial charge in [0.2, 0.25) is 0 Å². The maximum atomic E-state index is 13.2. The lowest BCUT2D eigenvalue weighted by Crippen LogP contribution is -2.11. The van der Waals surface area contributed by atoms with Gasteiger partial charge in [0.05, 0.1) is 36.0 Å². The Morgan fingerprint density at radius 1 is 1.25 bits per heavy atom. The number of benzene rings is 1. The van der Waals surface area contributed by atoms with Gasteiger partial charge in [-0.3, -0.25) is 9.48 Å². The van der Waals surface area contributed by atoms with E-state index in [0.29, 0.717) is 51.0 Å². The summed E-state index contributed by atoms with van der Waals surface area (Å²) in [6.45, 7) is 7.75. The summed E-state index contributed by atoms with van der Waals surface area (Å²) in [5.41, 5.74) is 3.92. The molecule has 4 aromatic rings. The third-order valence-electron chi connectivity index (χ3n) is 5.36. The Morgan fingerprint density at radius 3 is 2.75 bits per heavy atom. The topological polar surface area (TPSA) is 90.4 Å². The van der Waals surface area contributed by atoms with Crippen LogP contribution in [0.4, 0.5) is 0 Å². The number of hydrogen-bond donors (Lipinski definition) is 1. The summed E-state index contributed by atoms with van der Waals surface area (Å²) in [5.74, 6) is 1.06. The molecule has 1 atom stereocenters. The number of aliphatic hydroxyl groups is 1. The van der Waals surface area contributed by atoms with Crippen molar-refractivity contribution in [3.05, 3.63) is 74.4 Å². The molecular weight excluding hydrogens is 430 g/mol. The molecular formula is C24H24ClN3O4. The van der Waals surface area contributed by atoms with Crippen molar-refractivity contribution in [2.45, 2.75) is 40.3 Å². The van der Waals surface area contributed by atoms with Gasteiger partial charge >= 0.3 is 0 Å². The summed E-state index contributed by atoms with van der Waals surface area (Å²) >= 11 is 5.96. The van der Waals surface area contributed by atoms with E-state index in [1.165, 1.54) is 0 Å². The van der Waals surface area contributed by atoms with Crippen LogP contribution in [0.25, 0.3) is 22.3 Å². The molecule has 1 N–H and O–H groups in total. The number of aliphatic hydroxyl groups excluding tert-OH is 1. The van der Waals surface area contributed by atoms with Gasteiger partial charge in [0, 0.05) is 17.3 Å². The Hall–Kier alpha value is -3.16. The Labute approximate surface area is 190 Å². The molecule has 4 rings (SSSR count). The van der Waals surface area contributed by atoms with Crippen LogP contribution < -0.4 is 10.2 Å². The van der Waals surface area contributed by atoms with Crippen LogP contribution in [0.15, 0.2) is 45.9 Å². The van der Waals surface area contributed by atoms with Crippen molar-refractivity contribution in [3.8, 4) is 17.1 Å². The molecule has 0 aliphatic rings. The van der Waals surface area contributed by atoms with Crippen LogP contribution in [0.1, 0.15) is 35.4 Å². The van der Waals surface area contributed by atoms with E-state index in [1.54, 1.807) is 36.1 Å². The lowest BCUT2D eigenvalue weighted by Gasteiger charge is -2.19. The molecule has 8 heteroatoms. The van der Waals surface area contributed by atoms with Crippen LogP contribution in [-0.4, -0.2) is 26.5 Å². The molecule has 0 fully saturated rings. The van der Waals surface area contributed by atoms with E-state index in [1.807, 2.05) is 32.9 Å². The lowest BCUT2D eigenvalue weighted by molar-refractivity contribution is 0.224. The van der Waals surface area contributed by atoms with Crippen LogP contribution in [0.3, 0.4) is 0 Å². The van der Waals surface area contributed by atoms with Crippen molar-refractivity contribution in [3.63, 3.8) is 0 Å². The second-order valence-electron chi connectivity index (χ2n) is 7.81. The number of nitrogens with zero attached hydrogens (tertiary/aromatic N) is 3. The SMILES string of the molecule is Cc1cc(C(C)Oc2ccc(Cl)nc2C)c2oc(-c3cnn(CCO)c3)c(C)c(=O)c2c1. The van der Waals surface area contributed by atoms with Gasteiger partial charge in [-0.05, 0) is 57.5 Å². The molecule has 7 nitrogen and oxygen atoms in total. The highest BCUT2D eigenvalue weighted by molar-refractivity contribution is 6.29. The second-order valence-corrected chi connectivity index (χ2v) is 8.20. The number of halogens is 1. The molecule has 0 saturated carbocycles. The Kier molecular flexibility index (Phi) is 6.04. The van der Waals surface area contributed by atoms with Gasteiger partial charge in [-0.15, -0.1) is 0 Å². The van der Waals surface area contributed by atoms with Gasteiger partial charge in [0.15, 0.2) is 5.43 Å². The van der Waals surface area contributed by atoms with E-state index in [9.17, 15) is 4.79 Å². The van der Waals surface area contributed by atoms with Crippen LogP contribution in [0.5, 0.6) is 5.75 Å². The predicted molar refractivity (Wildman–Crippen MR) is 123 cm³/mol. The molecule has 0 saturated heterocycles. The van der Waals surface area contributed by atoms with E-state index in [0.717, 1.165) is 11.1 Å². The zero-order chi connectivity index (χ0) is 23.0. The minimum Gasteiger partial charge on any atom is -0.484 e. The van der Waals surface area contributed by atoms with Crippen molar-refractivity contribution >= 4 is 22.6 Å². The van der Waals surface area contributed by atoms with Crippen LogP contribution >= 0.6 is 11.6 Å². The molecule has 32 heavy (non-hydrogen) atoms. The normalized spacial score (nSPS) is 12.3. The first-order valence-corrected chi connectivity index (χ1v) is 10.7. The fourth-order valence-corrected chi connectivity index (χ4v) is 3.94. The minimum absolute atomic E-state index is 0.0287. The van der Waals surface area contributed by atoms with Gasteiger partial charge in [0.1, 0.15) is 28.3 Å². The van der Waals surface area contributed by atoms with E-state index in [4.69, 9.17) is 25.9 Å². The molecule has 0 amide bonds. The van der Waals surface area contributed by atoms with Crippen molar-refractivity contribution in [1.29, 1.82) is 0 Å². The number of aryl methyl sites for hydroxylation is 2. The lowest BCUT2D eigenvalue weighted by atomic mass is 10.0. The fourth-order valence-electron chi connectivity index (χ4n) is 3.75. The van der Waals surface area contributed by atoms with Crippen LogP contribution in [0.2, 0.25) is 5.15 Å². The number of rotatable bonds is 6. The maximum Gasteiger partial charge on any atom is 0.196 e. The number of fused-ring (bicyclic) bond motifs is 1.